The van der Waals surface area contributed by atoms with Crippen molar-refractivity contribution in [1.82, 2.24) is 4.90 Å². The van der Waals surface area contributed by atoms with E-state index in [0.717, 1.165) is 12.8 Å². The van der Waals surface area contributed by atoms with Crippen LogP contribution in [0.1, 0.15) is 24.8 Å². The van der Waals surface area contributed by atoms with Crippen LogP contribution in [-0.2, 0) is 11.3 Å². The summed E-state index contributed by atoms with van der Waals surface area (Å²) in [5.41, 5.74) is 0.599. The van der Waals surface area contributed by atoms with Crippen LogP contribution in [0.4, 0.5) is 4.39 Å². The van der Waals surface area contributed by atoms with Gasteiger partial charge < -0.3 is 4.90 Å². The average molecular weight is 300 g/mol. The zero-order valence-electron chi connectivity index (χ0n) is 9.53. The summed E-state index contributed by atoms with van der Waals surface area (Å²) in [5.74, 6) is -0.127. The number of nitrogens with zero attached hydrogens (tertiary/aromatic N) is 1. The summed E-state index contributed by atoms with van der Waals surface area (Å²) in [6, 6.07) is 6.97. The summed E-state index contributed by atoms with van der Waals surface area (Å²) in [6.07, 6.45) is 2.57. The van der Waals surface area contributed by atoms with Crippen LogP contribution in [0.3, 0.4) is 0 Å². The van der Waals surface area contributed by atoms with Crippen LogP contribution in [0, 0.1) is 5.82 Å². The van der Waals surface area contributed by atoms with Gasteiger partial charge in [-0.1, -0.05) is 34.1 Å². The molecule has 0 bridgehead atoms. The second-order valence-electron chi connectivity index (χ2n) is 4.28. The second kappa shape index (κ2) is 5.63. The number of hydrogen-bond donors (Lipinski definition) is 0. The smallest absolute Gasteiger partial charge is 0.223 e. The van der Waals surface area contributed by atoms with E-state index in [4.69, 9.17) is 0 Å². The highest BCUT2D eigenvalue weighted by Gasteiger charge is 2.32. The maximum Gasteiger partial charge on any atom is 0.223 e. The first kappa shape index (κ1) is 12.6. The van der Waals surface area contributed by atoms with Gasteiger partial charge in [0.2, 0.25) is 5.91 Å². The highest BCUT2D eigenvalue weighted by molar-refractivity contribution is 9.09. The van der Waals surface area contributed by atoms with E-state index in [9.17, 15) is 9.18 Å². The molecule has 1 aromatic carbocycles. The van der Waals surface area contributed by atoms with Crippen LogP contribution in [0.5, 0.6) is 0 Å². The van der Waals surface area contributed by atoms with Gasteiger partial charge in [-0.2, -0.15) is 0 Å². The molecule has 1 aliphatic rings. The fraction of sp³-hybridized carbons (Fsp3) is 0.462. The van der Waals surface area contributed by atoms with Crippen molar-refractivity contribution in [3.05, 3.63) is 35.6 Å². The molecule has 0 spiro atoms. The maximum atomic E-state index is 13.5. The molecule has 17 heavy (non-hydrogen) atoms. The van der Waals surface area contributed by atoms with Crippen molar-refractivity contribution in [3.63, 3.8) is 0 Å². The van der Waals surface area contributed by atoms with E-state index in [2.05, 4.69) is 15.9 Å². The molecule has 0 N–H and O–H groups in total. The molecule has 1 amide bonds. The van der Waals surface area contributed by atoms with Gasteiger partial charge in [-0.3, -0.25) is 4.79 Å². The summed E-state index contributed by atoms with van der Waals surface area (Å²) in [4.78, 5) is 13.7. The first-order valence-corrected chi connectivity index (χ1v) is 6.93. The van der Waals surface area contributed by atoms with Crippen LogP contribution in [0.25, 0.3) is 0 Å². The van der Waals surface area contributed by atoms with Gasteiger partial charge in [0.1, 0.15) is 5.82 Å². The van der Waals surface area contributed by atoms with E-state index in [1.165, 1.54) is 6.07 Å². The van der Waals surface area contributed by atoms with Gasteiger partial charge in [0.15, 0.2) is 0 Å². The minimum atomic E-state index is -0.232. The molecule has 0 saturated heterocycles. The van der Waals surface area contributed by atoms with E-state index >= 15 is 0 Å². The highest BCUT2D eigenvalue weighted by Crippen LogP contribution is 2.29. The molecule has 0 heterocycles. The minimum Gasteiger partial charge on any atom is -0.335 e. The quantitative estimate of drug-likeness (QED) is 0.765. The molecule has 1 saturated carbocycles. The molecule has 1 aliphatic carbocycles. The molecular weight excluding hydrogens is 285 g/mol. The maximum absolute atomic E-state index is 13.5. The lowest BCUT2D eigenvalue weighted by molar-refractivity contribution is -0.131. The summed E-state index contributed by atoms with van der Waals surface area (Å²) >= 11 is 3.27. The summed E-state index contributed by atoms with van der Waals surface area (Å²) < 4.78 is 13.5. The van der Waals surface area contributed by atoms with E-state index < -0.39 is 0 Å². The Kier molecular flexibility index (Phi) is 4.15. The van der Waals surface area contributed by atoms with Gasteiger partial charge in [-0.15, -0.1) is 0 Å². The van der Waals surface area contributed by atoms with Crippen LogP contribution in [0.2, 0.25) is 0 Å². The van der Waals surface area contributed by atoms with E-state index in [1.54, 1.807) is 23.1 Å². The predicted molar refractivity (Wildman–Crippen MR) is 68.4 cm³/mol. The molecule has 0 radical (unpaired) electrons. The number of rotatable bonds is 5. The lowest BCUT2D eigenvalue weighted by Crippen LogP contribution is -2.32. The fourth-order valence-electron chi connectivity index (χ4n) is 1.84. The third-order valence-electron chi connectivity index (χ3n) is 2.91. The van der Waals surface area contributed by atoms with Crippen LogP contribution >= 0.6 is 15.9 Å². The Morgan fingerprint density at radius 1 is 1.41 bits per heavy atom. The molecule has 0 unspecified atom stereocenters. The molecular formula is C13H15BrFNO. The van der Waals surface area contributed by atoms with Gasteiger partial charge >= 0.3 is 0 Å². The van der Waals surface area contributed by atoms with Crippen molar-refractivity contribution in [1.29, 1.82) is 0 Å². The Balaban J connectivity index is 2.08. The Labute approximate surface area is 109 Å². The number of alkyl halides is 1. The topological polar surface area (TPSA) is 20.3 Å². The van der Waals surface area contributed by atoms with Gasteiger partial charge in [0.05, 0.1) is 0 Å². The molecule has 0 atom stereocenters. The van der Waals surface area contributed by atoms with Crippen molar-refractivity contribution in [2.24, 2.45) is 0 Å². The first-order chi connectivity index (χ1) is 8.22. The minimum absolute atomic E-state index is 0.104. The van der Waals surface area contributed by atoms with Crippen LogP contribution in [0.15, 0.2) is 24.3 Å². The zero-order chi connectivity index (χ0) is 12.3. The van der Waals surface area contributed by atoms with E-state index in [-0.39, 0.29) is 11.7 Å². The SMILES string of the molecule is O=C(CCBr)N(Cc1ccccc1F)C1CC1. The van der Waals surface area contributed by atoms with Gasteiger partial charge in [0, 0.05) is 29.9 Å². The Morgan fingerprint density at radius 2 is 2.12 bits per heavy atom. The zero-order valence-corrected chi connectivity index (χ0v) is 11.1. The van der Waals surface area contributed by atoms with Gasteiger partial charge in [-0.25, -0.2) is 4.39 Å². The number of halogens is 2. The Bertz CT molecular complexity index is 406. The molecule has 2 rings (SSSR count). The number of benzene rings is 1. The predicted octanol–water partition coefficient (Wildman–Crippen LogP) is 3.10. The van der Waals surface area contributed by atoms with Crippen molar-refractivity contribution >= 4 is 21.8 Å². The fourth-order valence-corrected chi connectivity index (χ4v) is 2.18. The summed E-state index contributed by atoms with van der Waals surface area (Å²) in [5, 5.41) is 0.659. The number of carbonyl (C=O) groups excluding carboxylic acids is 1. The lowest BCUT2D eigenvalue weighted by atomic mass is 10.2. The normalized spacial score (nSPS) is 14.7. The largest absolute Gasteiger partial charge is 0.335 e. The molecule has 4 heteroatoms. The van der Waals surface area contributed by atoms with Crippen molar-refractivity contribution < 1.29 is 9.18 Å². The highest BCUT2D eigenvalue weighted by atomic mass is 79.9. The lowest BCUT2D eigenvalue weighted by Gasteiger charge is -2.22. The molecule has 1 fully saturated rings. The van der Waals surface area contributed by atoms with Crippen molar-refractivity contribution in [2.75, 3.05) is 5.33 Å². The van der Waals surface area contributed by atoms with E-state index in [1.807, 2.05) is 0 Å². The standard InChI is InChI=1S/C13H15BrFNO/c14-8-7-13(17)16(11-5-6-11)9-10-3-1-2-4-12(10)15/h1-4,11H,5-9H2. The van der Waals surface area contributed by atoms with Gasteiger partial charge in [-0.05, 0) is 18.9 Å². The third-order valence-corrected chi connectivity index (χ3v) is 3.31. The van der Waals surface area contributed by atoms with Gasteiger partial charge in [0.25, 0.3) is 0 Å². The average Bonchev–Trinajstić information content (AvgIpc) is 3.12. The van der Waals surface area contributed by atoms with E-state index in [0.29, 0.717) is 29.9 Å². The molecule has 0 aromatic heterocycles. The third kappa shape index (κ3) is 3.28. The molecule has 0 aliphatic heterocycles. The number of amides is 1. The number of hydrogen-bond acceptors (Lipinski definition) is 1. The molecule has 1 aromatic rings. The van der Waals surface area contributed by atoms with Crippen molar-refractivity contribution in [3.8, 4) is 0 Å². The second-order valence-corrected chi connectivity index (χ2v) is 5.08. The monoisotopic (exact) mass is 299 g/mol. The summed E-state index contributed by atoms with van der Waals surface area (Å²) in [7, 11) is 0. The molecule has 92 valence electrons. The van der Waals surface area contributed by atoms with Crippen LogP contribution in [-0.4, -0.2) is 22.2 Å². The number of carbonyl (C=O) groups is 1. The Hall–Kier alpha value is -0.900. The van der Waals surface area contributed by atoms with Crippen LogP contribution < -0.4 is 0 Å². The summed E-state index contributed by atoms with van der Waals surface area (Å²) in [6.45, 7) is 0.392. The molecule has 2 nitrogen and oxygen atoms in total. The first-order valence-electron chi connectivity index (χ1n) is 5.81. The van der Waals surface area contributed by atoms with Crippen molar-refractivity contribution in [2.45, 2.75) is 31.8 Å². The Morgan fingerprint density at radius 3 is 2.71 bits per heavy atom.